The summed E-state index contributed by atoms with van der Waals surface area (Å²) in [5.74, 6) is -0.0342. The Morgan fingerprint density at radius 2 is 1.77 bits per heavy atom. The van der Waals surface area contributed by atoms with Crippen LogP contribution in [0.4, 0.5) is 10.5 Å². The maximum absolute atomic E-state index is 13.5. The van der Waals surface area contributed by atoms with E-state index in [2.05, 4.69) is 10.6 Å². The van der Waals surface area contributed by atoms with E-state index < -0.39 is 28.1 Å². The molecule has 0 aliphatic carbocycles. The predicted molar refractivity (Wildman–Crippen MR) is 130 cm³/mol. The zero-order valence-electron chi connectivity index (χ0n) is 19.1. The van der Waals surface area contributed by atoms with Gasteiger partial charge >= 0.3 is 12.0 Å². The lowest BCUT2D eigenvalue weighted by atomic mass is 9.95. The van der Waals surface area contributed by atoms with E-state index in [9.17, 15) is 18.0 Å². The number of nitrogens with one attached hydrogen (secondary N) is 2. The smallest absolute Gasteiger partial charge is 0.338 e. The molecule has 2 amide bonds. The molecule has 2 aliphatic heterocycles. The summed E-state index contributed by atoms with van der Waals surface area (Å²) in [6.07, 6.45) is 0. The van der Waals surface area contributed by atoms with Crippen LogP contribution >= 0.6 is 0 Å². The summed E-state index contributed by atoms with van der Waals surface area (Å²) in [5.41, 5.74) is 1.40. The highest BCUT2D eigenvalue weighted by atomic mass is 32.2. The standard InChI is InChI=1S/C25H23N3O6S/c1-3-34-24(29)22-18(26-25(30)27-23(22)16-10-12-17(33-2)13-11-16)14-28-19-8-4-6-15-7-5-9-20(21(15)19)35(28,31)32/h4-13,23H,3,14H2,1-2H3,(H2,26,27,30). The number of hydrogen-bond acceptors (Lipinski definition) is 6. The second kappa shape index (κ2) is 8.62. The average molecular weight is 494 g/mol. The van der Waals surface area contributed by atoms with Gasteiger partial charge < -0.3 is 20.1 Å². The van der Waals surface area contributed by atoms with Crippen LogP contribution in [0.15, 0.2) is 76.8 Å². The van der Waals surface area contributed by atoms with Crippen molar-refractivity contribution in [3.8, 4) is 5.75 Å². The number of nitrogens with zero attached hydrogens (tertiary/aromatic N) is 1. The van der Waals surface area contributed by atoms with Crippen molar-refractivity contribution in [3.63, 3.8) is 0 Å². The minimum atomic E-state index is -3.91. The molecule has 0 radical (unpaired) electrons. The highest BCUT2D eigenvalue weighted by molar-refractivity contribution is 7.93. The van der Waals surface area contributed by atoms with E-state index in [1.54, 1.807) is 62.6 Å². The lowest BCUT2D eigenvalue weighted by Gasteiger charge is -2.31. The number of methoxy groups -OCH3 is 1. The molecule has 5 rings (SSSR count). The van der Waals surface area contributed by atoms with Crippen molar-refractivity contribution in [2.45, 2.75) is 17.9 Å². The topological polar surface area (TPSA) is 114 Å². The zero-order chi connectivity index (χ0) is 24.7. The fourth-order valence-corrected chi connectivity index (χ4v) is 6.19. The van der Waals surface area contributed by atoms with Crippen molar-refractivity contribution in [1.29, 1.82) is 0 Å². The van der Waals surface area contributed by atoms with Gasteiger partial charge in [0.1, 0.15) is 5.75 Å². The molecule has 10 heteroatoms. The molecule has 3 aromatic carbocycles. The Morgan fingerprint density at radius 1 is 1.06 bits per heavy atom. The van der Waals surface area contributed by atoms with Crippen molar-refractivity contribution in [3.05, 3.63) is 77.5 Å². The summed E-state index contributed by atoms with van der Waals surface area (Å²) in [5, 5.41) is 6.80. The summed E-state index contributed by atoms with van der Waals surface area (Å²) < 4.78 is 38.7. The summed E-state index contributed by atoms with van der Waals surface area (Å²) >= 11 is 0. The minimum absolute atomic E-state index is 0.117. The first-order valence-corrected chi connectivity index (χ1v) is 12.4. The molecule has 35 heavy (non-hydrogen) atoms. The van der Waals surface area contributed by atoms with E-state index in [1.165, 1.54) is 4.31 Å². The second-order valence-corrected chi connectivity index (χ2v) is 9.89. The number of amides is 2. The third-order valence-corrected chi connectivity index (χ3v) is 7.88. The fourth-order valence-electron chi connectivity index (χ4n) is 4.51. The van der Waals surface area contributed by atoms with Crippen molar-refractivity contribution in [2.24, 2.45) is 0 Å². The molecule has 0 saturated heterocycles. The lowest BCUT2D eigenvalue weighted by molar-refractivity contribution is -0.139. The Bertz CT molecular complexity index is 1480. The van der Waals surface area contributed by atoms with E-state index in [0.717, 1.165) is 5.39 Å². The fraction of sp³-hybridized carbons (Fsp3) is 0.200. The van der Waals surface area contributed by atoms with Crippen LogP contribution < -0.4 is 19.7 Å². The molecule has 0 spiro atoms. The van der Waals surface area contributed by atoms with Crippen LogP contribution in [-0.4, -0.2) is 40.7 Å². The largest absolute Gasteiger partial charge is 0.497 e. The van der Waals surface area contributed by atoms with Gasteiger partial charge in [0.2, 0.25) is 0 Å². The first-order valence-electron chi connectivity index (χ1n) is 11.0. The van der Waals surface area contributed by atoms with Crippen LogP contribution in [0, 0.1) is 0 Å². The molecule has 2 aliphatic rings. The molecule has 2 heterocycles. The molecular weight excluding hydrogens is 470 g/mol. The molecule has 0 saturated carbocycles. The van der Waals surface area contributed by atoms with Crippen molar-refractivity contribution in [1.82, 2.24) is 10.6 Å². The van der Waals surface area contributed by atoms with Gasteiger partial charge in [-0.3, -0.25) is 4.31 Å². The van der Waals surface area contributed by atoms with Gasteiger partial charge in [-0.15, -0.1) is 0 Å². The first kappa shape index (κ1) is 22.7. The Kier molecular flexibility index (Phi) is 5.60. The molecule has 0 aromatic heterocycles. The number of rotatable bonds is 6. The quantitative estimate of drug-likeness (QED) is 0.510. The van der Waals surface area contributed by atoms with Crippen LogP contribution in [0.25, 0.3) is 10.8 Å². The van der Waals surface area contributed by atoms with Crippen LogP contribution in [-0.2, 0) is 19.6 Å². The van der Waals surface area contributed by atoms with E-state index in [1.807, 2.05) is 12.1 Å². The monoisotopic (exact) mass is 493 g/mol. The molecule has 9 nitrogen and oxygen atoms in total. The number of carbonyl (C=O) groups is 2. The molecule has 0 bridgehead atoms. The maximum Gasteiger partial charge on any atom is 0.338 e. The van der Waals surface area contributed by atoms with E-state index in [-0.39, 0.29) is 29.3 Å². The molecule has 0 fully saturated rings. The van der Waals surface area contributed by atoms with Crippen molar-refractivity contribution >= 4 is 38.5 Å². The normalized spacial score (nSPS) is 18.3. The number of anilines is 1. The number of hydrogen-bond donors (Lipinski definition) is 2. The third-order valence-electron chi connectivity index (χ3n) is 6.08. The summed E-state index contributed by atoms with van der Waals surface area (Å²) in [4.78, 5) is 25.9. The van der Waals surface area contributed by atoms with Gasteiger partial charge in [-0.05, 0) is 42.1 Å². The Labute approximate surface area is 202 Å². The molecule has 2 N–H and O–H groups in total. The molecular formula is C25H23N3O6S. The number of sulfonamides is 1. The predicted octanol–water partition coefficient (Wildman–Crippen LogP) is 3.23. The average Bonchev–Trinajstić information content (AvgIpc) is 3.07. The van der Waals surface area contributed by atoms with Crippen LogP contribution in [0.3, 0.4) is 0 Å². The van der Waals surface area contributed by atoms with Gasteiger partial charge in [-0.25, -0.2) is 18.0 Å². The van der Waals surface area contributed by atoms with Gasteiger partial charge in [-0.2, -0.15) is 0 Å². The number of esters is 1. The second-order valence-electron chi connectivity index (χ2n) is 8.06. The maximum atomic E-state index is 13.5. The van der Waals surface area contributed by atoms with Gasteiger partial charge in [0.05, 0.1) is 48.2 Å². The van der Waals surface area contributed by atoms with E-state index in [0.29, 0.717) is 22.4 Å². The Hall–Kier alpha value is -4.05. The lowest BCUT2D eigenvalue weighted by Crippen LogP contribution is -2.48. The van der Waals surface area contributed by atoms with E-state index >= 15 is 0 Å². The number of carbonyl (C=O) groups excluding carboxylic acids is 2. The van der Waals surface area contributed by atoms with Gasteiger partial charge in [-0.1, -0.05) is 36.4 Å². The summed E-state index contributed by atoms with van der Waals surface area (Å²) in [6, 6.07) is 15.9. The van der Waals surface area contributed by atoms with Gasteiger partial charge in [0.15, 0.2) is 0 Å². The third kappa shape index (κ3) is 3.75. The highest BCUT2D eigenvalue weighted by Gasteiger charge is 2.40. The molecule has 180 valence electrons. The van der Waals surface area contributed by atoms with E-state index in [4.69, 9.17) is 9.47 Å². The van der Waals surface area contributed by atoms with Crippen molar-refractivity contribution < 1.29 is 27.5 Å². The zero-order valence-corrected chi connectivity index (χ0v) is 19.9. The van der Waals surface area contributed by atoms with Gasteiger partial charge in [0, 0.05) is 5.39 Å². The van der Waals surface area contributed by atoms with Gasteiger partial charge in [0.25, 0.3) is 10.0 Å². The molecule has 3 aromatic rings. The van der Waals surface area contributed by atoms with Crippen LogP contribution in [0.5, 0.6) is 5.75 Å². The Morgan fingerprint density at radius 3 is 2.46 bits per heavy atom. The SMILES string of the molecule is CCOC(=O)C1=C(CN2c3cccc4cccc(c34)S2(=O)=O)NC(=O)NC1c1ccc(OC)cc1. The summed E-state index contributed by atoms with van der Waals surface area (Å²) in [6.45, 7) is 1.55. The van der Waals surface area contributed by atoms with Crippen LogP contribution in [0.2, 0.25) is 0 Å². The Balaban J connectivity index is 1.63. The summed E-state index contributed by atoms with van der Waals surface area (Å²) in [7, 11) is -2.37. The first-order chi connectivity index (χ1) is 16.8. The number of urea groups is 1. The number of benzene rings is 3. The highest BCUT2D eigenvalue weighted by Crippen LogP contribution is 2.42. The minimum Gasteiger partial charge on any atom is -0.497 e. The molecule has 1 atom stereocenters. The van der Waals surface area contributed by atoms with Crippen LogP contribution in [0.1, 0.15) is 18.5 Å². The number of ether oxygens (including phenoxy) is 2. The van der Waals surface area contributed by atoms with Crippen molar-refractivity contribution in [2.75, 3.05) is 24.6 Å². The molecule has 1 unspecified atom stereocenters.